The summed E-state index contributed by atoms with van der Waals surface area (Å²) >= 11 is 0. The van der Waals surface area contributed by atoms with E-state index in [0.29, 0.717) is 18.7 Å². The summed E-state index contributed by atoms with van der Waals surface area (Å²) in [7, 11) is -0.394. The molecule has 7 heteroatoms. The molecule has 0 radical (unpaired) electrons. The molecule has 2 aromatic carbocycles. The Morgan fingerprint density at radius 2 is 1.67 bits per heavy atom. The Balaban J connectivity index is 2.08. The van der Waals surface area contributed by atoms with Gasteiger partial charge in [-0.05, 0) is 49.2 Å². The molecule has 0 aliphatic carbocycles. The van der Waals surface area contributed by atoms with Gasteiger partial charge in [0.15, 0.2) is 0 Å². The minimum absolute atomic E-state index is 0.148. The van der Waals surface area contributed by atoms with Crippen molar-refractivity contribution in [2.45, 2.75) is 37.9 Å². The van der Waals surface area contributed by atoms with Gasteiger partial charge in [0.05, 0.1) is 11.5 Å². The van der Waals surface area contributed by atoms with Gasteiger partial charge in [0, 0.05) is 32.3 Å². The number of ether oxygens (including phenoxy) is 1. The van der Waals surface area contributed by atoms with Crippen molar-refractivity contribution in [3.8, 4) is 0 Å². The molecule has 27 heavy (non-hydrogen) atoms. The molecule has 0 aromatic heterocycles. The highest BCUT2D eigenvalue weighted by atomic mass is 32.2. The lowest BCUT2D eigenvalue weighted by Gasteiger charge is -2.21. The van der Waals surface area contributed by atoms with Gasteiger partial charge >= 0.3 is 0 Å². The second-order valence-electron chi connectivity index (χ2n) is 6.52. The van der Waals surface area contributed by atoms with E-state index in [1.807, 2.05) is 24.3 Å². The molecule has 0 saturated heterocycles. The van der Waals surface area contributed by atoms with Gasteiger partial charge in [-0.25, -0.2) is 8.42 Å². The maximum Gasteiger partial charge on any atom is 0.251 e. The van der Waals surface area contributed by atoms with Gasteiger partial charge in [-0.3, -0.25) is 4.79 Å². The van der Waals surface area contributed by atoms with Crippen molar-refractivity contribution in [3.05, 3.63) is 65.2 Å². The topological polar surface area (TPSA) is 75.7 Å². The van der Waals surface area contributed by atoms with Gasteiger partial charge in [0.25, 0.3) is 5.91 Å². The van der Waals surface area contributed by atoms with E-state index in [1.165, 1.54) is 35.6 Å². The van der Waals surface area contributed by atoms with Crippen LogP contribution in [-0.2, 0) is 27.9 Å². The summed E-state index contributed by atoms with van der Waals surface area (Å²) in [5, 5.41) is 2.86. The summed E-state index contributed by atoms with van der Waals surface area (Å²) in [5.74, 6) is -0.261. The molecule has 0 aliphatic rings. The Morgan fingerprint density at radius 1 is 1.07 bits per heavy atom. The molecule has 2 rings (SSSR count). The zero-order valence-electron chi connectivity index (χ0n) is 16.1. The number of sulfonamides is 1. The minimum atomic E-state index is -3.56. The number of carbonyl (C=O) groups excluding carboxylic acids is 1. The summed E-state index contributed by atoms with van der Waals surface area (Å²) in [4.78, 5) is 12.6. The molecule has 0 bridgehead atoms. The van der Waals surface area contributed by atoms with Crippen LogP contribution in [0.1, 0.15) is 35.3 Å². The maximum atomic E-state index is 12.5. The zero-order chi connectivity index (χ0) is 20.0. The molecule has 0 unspecified atom stereocenters. The van der Waals surface area contributed by atoms with Crippen LogP contribution in [0.25, 0.3) is 0 Å². The lowest BCUT2D eigenvalue weighted by Crippen LogP contribution is -2.33. The molecule has 0 aliphatic heterocycles. The van der Waals surface area contributed by atoms with Crippen LogP contribution in [0, 0.1) is 0 Å². The SMILES string of the molecule is COCc1ccccc1CNC(=O)c1ccc(S(=O)(=O)N(C)C(C)C)cc1. The third kappa shape index (κ3) is 5.15. The van der Waals surface area contributed by atoms with Gasteiger partial charge in [0.2, 0.25) is 10.0 Å². The first-order valence-corrected chi connectivity index (χ1v) is 10.1. The predicted octanol–water partition coefficient (Wildman–Crippen LogP) is 2.79. The molecule has 2 aromatic rings. The van der Waals surface area contributed by atoms with Crippen LogP contribution in [0.2, 0.25) is 0 Å². The number of benzene rings is 2. The monoisotopic (exact) mass is 390 g/mol. The largest absolute Gasteiger partial charge is 0.380 e. The molecule has 146 valence electrons. The van der Waals surface area contributed by atoms with Crippen molar-refractivity contribution in [2.75, 3.05) is 14.2 Å². The smallest absolute Gasteiger partial charge is 0.251 e. The fourth-order valence-corrected chi connectivity index (χ4v) is 3.89. The zero-order valence-corrected chi connectivity index (χ0v) is 16.9. The summed E-state index contributed by atoms with van der Waals surface area (Å²) in [5.41, 5.74) is 2.40. The number of nitrogens with zero attached hydrogens (tertiary/aromatic N) is 1. The molecular weight excluding hydrogens is 364 g/mol. The van der Waals surface area contributed by atoms with Crippen molar-refractivity contribution in [1.29, 1.82) is 0 Å². The van der Waals surface area contributed by atoms with E-state index in [2.05, 4.69) is 5.32 Å². The first-order chi connectivity index (χ1) is 12.8. The van der Waals surface area contributed by atoms with E-state index >= 15 is 0 Å². The standard InChI is InChI=1S/C20H26N2O4S/c1-15(2)22(3)27(24,25)19-11-9-16(10-12-19)20(23)21-13-17-7-5-6-8-18(17)14-26-4/h5-12,15H,13-14H2,1-4H3,(H,21,23). The van der Waals surface area contributed by atoms with Crippen molar-refractivity contribution >= 4 is 15.9 Å². The highest BCUT2D eigenvalue weighted by molar-refractivity contribution is 7.89. The number of methoxy groups -OCH3 is 1. The van der Waals surface area contributed by atoms with Crippen LogP contribution < -0.4 is 5.32 Å². The third-order valence-corrected chi connectivity index (χ3v) is 6.43. The molecule has 0 atom stereocenters. The van der Waals surface area contributed by atoms with Gasteiger partial charge in [-0.2, -0.15) is 4.31 Å². The van der Waals surface area contributed by atoms with E-state index in [9.17, 15) is 13.2 Å². The van der Waals surface area contributed by atoms with Crippen molar-refractivity contribution in [2.24, 2.45) is 0 Å². The van der Waals surface area contributed by atoms with Crippen LogP contribution in [0.4, 0.5) is 0 Å². The molecule has 6 nitrogen and oxygen atoms in total. The Kier molecular flexibility index (Phi) is 7.12. The first kappa shape index (κ1) is 21.1. The minimum Gasteiger partial charge on any atom is -0.380 e. The second kappa shape index (κ2) is 9.12. The van der Waals surface area contributed by atoms with Gasteiger partial charge < -0.3 is 10.1 Å². The second-order valence-corrected chi connectivity index (χ2v) is 8.52. The fourth-order valence-electron chi connectivity index (χ4n) is 2.53. The summed E-state index contributed by atoms with van der Waals surface area (Å²) in [6.45, 7) is 4.46. The van der Waals surface area contributed by atoms with Crippen molar-refractivity contribution in [1.82, 2.24) is 9.62 Å². The molecular formula is C20H26N2O4S. The normalized spacial score (nSPS) is 11.8. The number of rotatable bonds is 8. The lowest BCUT2D eigenvalue weighted by molar-refractivity contribution is 0.0950. The summed E-state index contributed by atoms with van der Waals surface area (Å²) < 4.78 is 31.4. The van der Waals surface area contributed by atoms with E-state index in [1.54, 1.807) is 21.0 Å². The number of carbonyl (C=O) groups is 1. The van der Waals surface area contributed by atoms with Crippen molar-refractivity contribution in [3.63, 3.8) is 0 Å². The van der Waals surface area contributed by atoms with Crippen LogP contribution in [0.5, 0.6) is 0 Å². The average Bonchev–Trinajstić information content (AvgIpc) is 2.66. The van der Waals surface area contributed by atoms with Crippen LogP contribution in [0.15, 0.2) is 53.4 Å². The summed E-state index contributed by atoms with van der Waals surface area (Å²) in [6, 6.07) is 13.5. The van der Waals surface area contributed by atoms with Gasteiger partial charge in [-0.15, -0.1) is 0 Å². The van der Waals surface area contributed by atoms with Crippen LogP contribution in [-0.4, -0.2) is 38.8 Å². The predicted molar refractivity (Wildman–Crippen MR) is 105 cm³/mol. The Hall–Kier alpha value is -2.22. The highest BCUT2D eigenvalue weighted by Gasteiger charge is 2.23. The van der Waals surface area contributed by atoms with E-state index in [-0.39, 0.29) is 16.8 Å². The van der Waals surface area contributed by atoms with Crippen LogP contribution >= 0.6 is 0 Å². The van der Waals surface area contributed by atoms with Crippen molar-refractivity contribution < 1.29 is 17.9 Å². The Bertz CT molecular complexity index is 877. The van der Waals surface area contributed by atoms with E-state index in [4.69, 9.17) is 4.74 Å². The molecule has 0 heterocycles. The number of hydrogen-bond acceptors (Lipinski definition) is 4. The summed E-state index contributed by atoms with van der Waals surface area (Å²) in [6.07, 6.45) is 0. The van der Waals surface area contributed by atoms with Gasteiger partial charge in [-0.1, -0.05) is 24.3 Å². The molecule has 0 spiro atoms. The van der Waals surface area contributed by atoms with E-state index in [0.717, 1.165) is 11.1 Å². The number of nitrogens with one attached hydrogen (secondary N) is 1. The molecule has 0 fully saturated rings. The Morgan fingerprint density at radius 3 is 2.22 bits per heavy atom. The average molecular weight is 391 g/mol. The lowest BCUT2D eigenvalue weighted by atomic mass is 10.1. The first-order valence-electron chi connectivity index (χ1n) is 8.69. The third-order valence-electron chi connectivity index (χ3n) is 4.38. The molecule has 1 amide bonds. The maximum absolute atomic E-state index is 12.5. The number of amides is 1. The van der Waals surface area contributed by atoms with E-state index < -0.39 is 10.0 Å². The number of hydrogen-bond donors (Lipinski definition) is 1. The highest BCUT2D eigenvalue weighted by Crippen LogP contribution is 2.17. The fraction of sp³-hybridized carbons (Fsp3) is 0.350. The molecule has 0 saturated carbocycles. The van der Waals surface area contributed by atoms with Crippen LogP contribution in [0.3, 0.4) is 0 Å². The van der Waals surface area contributed by atoms with Gasteiger partial charge in [0.1, 0.15) is 0 Å². The quantitative estimate of drug-likeness (QED) is 0.752. The Labute approximate surface area is 161 Å². The molecule has 1 N–H and O–H groups in total.